The zero-order valence-corrected chi connectivity index (χ0v) is 14.0. The van der Waals surface area contributed by atoms with E-state index in [2.05, 4.69) is 25.9 Å². The molecule has 0 amide bonds. The van der Waals surface area contributed by atoms with Gasteiger partial charge < -0.3 is 10.1 Å². The number of carbonyl (C=O) groups is 1. The van der Waals surface area contributed by atoms with Gasteiger partial charge in [0.2, 0.25) is 0 Å². The van der Waals surface area contributed by atoms with E-state index in [4.69, 9.17) is 5.11 Å². The number of halogens is 1. The van der Waals surface area contributed by atoms with Crippen molar-refractivity contribution in [3.63, 3.8) is 0 Å². The Balaban J connectivity index is 2.10. The van der Waals surface area contributed by atoms with Crippen LogP contribution in [0.1, 0.15) is 25.9 Å². The fourth-order valence-electron chi connectivity index (χ4n) is 2.09. The van der Waals surface area contributed by atoms with Crippen molar-refractivity contribution in [3.05, 3.63) is 47.4 Å². The zero-order chi connectivity index (χ0) is 15.1. The average molecular weight is 385 g/mol. The summed E-state index contributed by atoms with van der Waals surface area (Å²) in [6.07, 6.45) is 0.515. The molecule has 21 heavy (non-hydrogen) atoms. The molecule has 0 aliphatic carbocycles. The molecule has 0 fully saturated rings. The molecular formula is C13H9BrN2O3S2. The van der Waals surface area contributed by atoms with Crippen LogP contribution in [0.25, 0.3) is 10.2 Å². The molecule has 0 unspecified atom stereocenters. The van der Waals surface area contributed by atoms with E-state index in [1.165, 1.54) is 0 Å². The van der Waals surface area contributed by atoms with Crippen LogP contribution in [0.4, 0.5) is 0 Å². The number of aromatic amines is 1. The van der Waals surface area contributed by atoms with Crippen LogP contribution >= 0.6 is 38.6 Å². The number of aromatic nitrogens is 2. The Kier molecular flexibility index (Phi) is 3.68. The Morgan fingerprint density at radius 2 is 2.19 bits per heavy atom. The first-order valence-corrected chi connectivity index (χ1v) is 8.38. The lowest BCUT2D eigenvalue weighted by Gasteiger charge is -1.99. The Morgan fingerprint density at radius 3 is 2.81 bits per heavy atom. The number of hydrogen-bond acceptors (Lipinski definition) is 5. The highest BCUT2D eigenvalue weighted by Gasteiger charge is 2.18. The summed E-state index contributed by atoms with van der Waals surface area (Å²) in [5.74, 6) is -0.487. The second kappa shape index (κ2) is 5.36. The summed E-state index contributed by atoms with van der Waals surface area (Å²) in [6, 6.07) is 3.90. The lowest BCUT2D eigenvalue weighted by Crippen LogP contribution is -2.11. The number of nitrogens with zero attached hydrogens (tertiary/aromatic N) is 1. The fraction of sp³-hybridized carbons (Fsp3) is 0.154. The van der Waals surface area contributed by atoms with Crippen LogP contribution < -0.4 is 5.56 Å². The summed E-state index contributed by atoms with van der Waals surface area (Å²) in [5.41, 5.74) is 0.188. The topological polar surface area (TPSA) is 83.0 Å². The van der Waals surface area contributed by atoms with E-state index in [0.29, 0.717) is 28.0 Å². The minimum atomic E-state index is -1.03. The van der Waals surface area contributed by atoms with Gasteiger partial charge in [-0.15, -0.1) is 22.7 Å². The Labute approximate surface area is 135 Å². The smallest absolute Gasteiger partial charge is 0.346 e. The number of H-pyrrole nitrogens is 1. The van der Waals surface area contributed by atoms with Gasteiger partial charge in [0, 0.05) is 11.3 Å². The van der Waals surface area contributed by atoms with E-state index in [1.54, 1.807) is 18.3 Å². The predicted octanol–water partition coefficient (Wildman–Crippen LogP) is 3.41. The van der Waals surface area contributed by atoms with Gasteiger partial charge in [0.05, 0.1) is 9.17 Å². The van der Waals surface area contributed by atoms with Crippen molar-refractivity contribution in [1.82, 2.24) is 9.97 Å². The second-order valence-electron chi connectivity index (χ2n) is 4.44. The number of hydrogen-bond donors (Lipinski definition) is 2. The van der Waals surface area contributed by atoms with E-state index in [-0.39, 0.29) is 10.4 Å². The van der Waals surface area contributed by atoms with Crippen LogP contribution in [-0.2, 0) is 6.42 Å². The maximum atomic E-state index is 12.2. The Bertz CT molecular complexity index is 910. The summed E-state index contributed by atoms with van der Waals surface area (Å²) in [7, 11) is 0. The van der Waals surface area contributed by atoms with Crippen LogP contribution in [0.15, 0.2) is 20.7 Å². The highest BCUT2D eigenvalue weighted by molar-refractivity contribution is 9.11. The van der Waals surface area contributed by atoms with Gasteiger partial charge in [-0.2, -0.15) is 0 Å². The summed E-state index contributed by atoms with van der Waals surface area (Å²) < 4.78 is 1.01. The molecule has 2 N–H and O–H groups in total. The Morgan fingerprint density at radius 1 is 1.43 bits per heavy atom. The average Bonchev–Trinajstić information content (AvgIpc) is 2.94. The van der Waals surface area contributed by atoms with E-state index in [9.17, 15) is 9.59 Å². The van der Waals surface area contributed by atoms with Gasteiger partial charge in [0.25, 0.3) is 5.56 Å². The molecule has 0 aliphatic rings. The number of aryl methyl sites for hydroxylation is 1. The van der Waals surface area contributed by atoms with Crippen molar-refractivity contribution in [2.45, 2.75) is 13.3 Å². The van der Waals surface area contributed by atoms with Crippen molar-refractivity contribution in [3.8, 4) is 0 Å². The van der Waals surface area contributed by atoms with Gasteiger partial charge in [-0.1, -0.05) is 0 Å². The molecule has 8 heteroatoms. The molecule has 3 rings (SSSR count). The molecule has 5 nitrogen and oxygen atoms in total. The molecule has 0 saturated heterocycles. The molecular weight excluding hydrogens is 376 g/mol. The van der Waals surface area contributed by atoms with E-state index < -0.39 is 5.97 Å². The van der Waals surface area contributed by atoms with Crippen molar-refractivity contribution < 1.29 is 9.90 Å². The third-order valence-electron chi connectivity index (χ3n) is 3.01. The summed E-state index contributed by atoms with van der Waals surface area (Å²) >= 11 is 6.00. The van der Waals surface area contributed by atoms with E-state index in [1.807, 2.05) is 12.1 Å². The molecule has 3 heterocycles. The number of nitrogens with one attached hydrogen (secondary N) is 1. The number of rotatable bonds is 3. The van der Waals surface area contributed by atoms with Gasteiger partial charge >= 0.3 is 5.97 Å². The SMILES string of the molecule is Cc1c(C(=O)O)sc2nc(Cc3ccc(Br)s3)[nH]c(=O)c12. The molecule has 0 radical (unpaired) electrons. The first-order chi connectivity index (χ1) is 9.95. The largest absolute Gasteiger partial charge is 0.477 e. The number of aromatic carboxylic acids is 1. The van der Waals surface area contributed by atoms with Gasteiger partial charge in [-0.3, -0.25) is 4.79 Å². The maximum Gasteiger partial charge on any atom is 0.346 e. The van der Waals surface area contributed by atoms with Gasteiger partial charge in [-0.25, -0.2) is 9.78 Å². The predicted molar refractivity (Wildman–Crippen MR) is 86.8 cm³/mol. The minimum Gasteiger partial charge on any atom is -0.477 e. The third-order valence-corrected chi connectivity index (χ3v) is 5.81. The summed E-state index contributed by atoms with van der Waals surface area (Å²) in [6.45, 7) is 1.63. The molecule has 0 aromatic carbocycles. The lowest BCUT2D eigenvalue weighted by molar-refractivity contribution is 0.0701. The maximum absolute atomic E-state index is 12.2. The number of carboxylic acid groups (broad SMARTS) is 1. The van der Waals surface area contributed by atoms with Crippen LogP contribution in [0, 0.1) is 6.92 Å². The van der Waals surface area contributed by atoms with E-state index >= 15 is 0 Å². The lowest BCUT2D eigenvalue weighted by atomic mass is 10.2. The van der Waals surface area contributed by atoms with Crippen LogP contribution in [0.5, 0.6) is 0 Å². The molecule has 0 spiro atoms. The quantitative estimate of drug-likeness (QED) is 0.724. The van der Waals surface area contributed by atoms with Crippen molar-refractivity contribution in [1.29, 1.82) is 0 Å². The van der Waals surface area contributed by atoms with Crippen LogP contribution in [-0.4, -0.2) is 21.0 Å². The van der Waals surface area contributed by atoms with E-state index in [0.717, 1.165) is 20.0 Å². The number of carboxylic acids is 1. The molecule has 3 aromatic heterocycles. The van der Waals surface area contributed by atoms with Gasteiger partial charge in [0.15, 0.2) is 0 Å². The fourth-order valence-corrected chi connectivity index (χ4v) is 4.61. The monoisotopic (exact) mass is 384 g/mol. The molecule has 3 aromatic rings. The van der Waals surface area contributed by atoms with Crippen molar-refractivity contribution in [2.75, 3.05) is 0 Å². The van der Waals surface area contributed by atoms with Crippen molar-refractivity contribution >= 4 is 54.8 Å². The number of thiophene rings is 2. The molecule has 0 aliphatic heterocycles. The Hall–Kier alpha value is -1.51. The molecule has 108 valence electrons. The van der Waals surface area contributed by atoms with Gasteiger partial charge in [0.1, 0.15) is 15.5 Å². The van der Waals surface area contributed by atoms with Crippen LogP contribution in [0.2, 0.25) is 0 Å². The molecule has 0 bridgehead atoms. The molecule has 0 atom stereocenters. The minimum absolute atomic E-state index is 0.166. The summed E-state index contributed by atoms with van der Waals surface area (Å²) in [5, 5.41) is 9.50. The highest BCUT2D eigenvalue weighted by Crippen LogP contribution is 2.28. The van der Waals surface area contributed by atoms with Crippen LogP contribution in [0.3, 0.4) is 0 Å². The highest BCUT2D eigenvalue weighted by atomic mass is 79.9. The molecule has 0 saturated carbocycles. The number of fused-ring (bicyclic) bond motifs is 1. The standard InChI is InChI=1S/C13H9BrN2O3S2/c1-5-9-11(17)15-8(4-6-2-3-7(14)20-6)16-12(9)21-10(5)13(18)19/h2-3H,4H2,1H3,(H,18,19)(H,15,16,17). The summed E-state index contributed by atoms with van der Waals surface area (Å²) in [4.78, 5) is 32.2. The normalized spacial score (nSPS) is 11.1. The van der Waals surface area contributed by atoms with Gasteiger partial charge in [-0.05, 0) is 40.5 Å². The first-order valence-electron chi connectivity index (χ1n) is 5.95. The third kappa shape index (κ3) is 2.66. The first kappa shape index (κ1) is 14.4. The zero-order valence-electron chi connectivity index (χ0n) is 10.8. The van der Waals surface area contributed by atoms with Crippen molar-refractivity contribution in [2.24, 2.45) is 0 Å². The second-order valence-corrected chi connectivity index (χ2v) is 7.98.